The van der Waals surface area contributed by atoms with Gasteiger partial charge in [-0.1, -0.05) is 13.3 Å². The summed E-state index contributed by atoms with van der Waals surface area (Å²) in [5, 5.41) is 9.33. The van der Waals surface area contributed by atoms with E-state index in [9.17, 15) is 14.7 Å². The van der Waals surface area contributed by atoms with Crippen molar-refractivity contribution in [3.8, 4) is 0 Å². The zero-order chi connectivity index (χ0) is 14.5. The van der Waals surface area contributed by atoms with Crippen LogP contribution in [0.4, 0.5) is 4.79 Å². The average molecular weight is 271 g/mol. The molecular weight excluding hydrogens is 250 g/mol. The second-order valence-electron chi connectivity index (χ2n) is 4.82. The SMILES string of the molecule is CCCCOC(=O)N1CC(=COC)CC1(C)C(=O)O. The van der Waals surface area contributed by atoms with Gasteiger partial charge in [0.1, 0.15) is 5.54 Å². The number of likely N-dealkylation sites (tertiary alicyclic amines) is 1. The topological polar surface area (TPSA) is 76.1 Å². The van der Waals surface area contributed by atoms with Crippen molar-refractivity contribution in [1.29, 1.82) is 0 Å². The maximum absolute atomic E-state index is 12.0. The normalized spacial score (nSPS) is 24.6. The molecule has 1 fully saturated rings. The molecule has 19 heavy (non-hydrogen) atoms. The fraction of sp³-hybridized carbons (Fsp3) is 0.692. The number of carboxylic acids is 1. The van der Waals surface area contributed by atoms with Crippen LogP contribution in [0.2, 0.25) is 0 Å². The molecule has 0 saturated carbocycles. The molecule has 0 aromatic carbocycles. The predicted octanol–water partition coefficient (Wildman–Crippen LogP) is 2.00. The van der Waals surface area contributed by atoms with Gasteiger partial charge in [-0.3, -0.25) is 4.90 Å². The summed E-state index contributed by atoms with van der Waals surface area (Å²) in [7, 11) is 1.49. The van der Waals surface area contributed by atoms with Crippen LogP contribution < -0.4 is 0 Å². The van der Waals surface area contributed by atoms with Gasteiger partial charge >= 0.3 is 12.1 Å². The van der Waals surface area contributed by atoms with E-state index in [0.29, 0.717) is 6.61 Å². The lowest BCUT2D eigenvalue weighted by atomic mass is 9.98. The summed E-state index contributed by atoms with van der Waals surface area (Å²) in [6.45, 7) is 4.05. The van der Waals surface area contributed by atoms with Gasteiger partial charge in [0.2, 0.25) is 0 Å². The maximum atomic E-state index is 12.0. The molecule has 0 radical (unpaired) electrons. The molecule has 1 rings (SSSR count). The number of aliphatic carboxylic acids is 1. The number of ether oxygens (including phenoxy) is 2. The van der Waals surface area contributed by atoms with E-state index in [1.165, 1.54) is 25.2 Å². The van der Waals surface area contributed by atoms with Crippen LogP contribution in [0.25, 0.3) is 0 Å². The van der Waals surface area contributed by atoms with E-state index in [4.69, 9.17) is 9.47 Å². The average Bonchev–Trinajstić information content (AvgIpc) is 2.68. The fourth-order valence-corrected chi connectivity index (χ4v) is 2.06. The monoisotopic (exact) mass is 271 g/mol. The molecule has 6 nitrogen and oxygen atoms in total. The molecule has 1 heterocycles. The number of methoxy groups -OCH3 is 1. The van der Waals surface area contributed by atoms with Crippen LogP contribution in [0, 0.1) is 0 Å². The number of carboxylic acid groups (broad SMARTS) is 1. The van der Waals surface area contributed by atoms with Gasteiger partial charge in [-0.05, 0) is 18.9 Å². The number of hydrogen-bond acceptors (Lipinski definition) is 4. The van der Waals surface area contributed by atoms with Gasteiger partial charge in [-0.25, -0.2) is 9.59 Å². The molecule has 0 aliphatic carbocycles. The van der Waals surface area contributed by atoms with Crippen LogP contribution in [0.1, 0.15) is 33.1 Å². The minimum absolute atomic E-state index is 0.224. The Balaban J connectivity index is 2.80. The highest BCUT2D eigenvalue weighted by molar-refractivity contribution is 5.85. The van der Waals surface area contributed by atoms with E-state index in [1.54, 1.807) is 0 Å². The molecule has 1 saturated heterocycles. The van der Waals surface area contributed by atoms with E-state index in [-0.39, 0.29) is 13.0 Å². The Morgan fingerprint density at radius 1 is 1.53 bits per heavy atom. The maximum Gasteiger partial charge on any atom is 0.411 e. The summed E-state index contributed by atoms with van der Waals surface area (Å²) in [6, 6.07) is 0. The van der Waals surface area contributed by atoms with Crippen molar-refractivity contribution in [1.82, 2.24) is 4.90 Å². The predicted molar refractivity (Wildman–Crippen MR) is 68.7 cm³/mol. The highest BCUT2D eigenvalue weighted by atomic mass is 16.6. The quantitative estimate of drug-likeness (QED) is 0.611. The summed E-state index contributed by atoms with van der Waals surface area (Å²) in [5.41, 5.74) is -0.506. The molecule has 1 aliphatic heterocycles. The van der Waals surface area contributed by atoms with Gasteiger partial charge in [0, 0.05) is 13.0 Å². The van der Waals surface area contributed by atoms with Crippen molar-refractivity contribution in [2.75, 3.05) is 20.3 Å². The molecule has 0 spiro atoms. The largest absolute Gasteiger partial charge is 0.504 e. The van der Waals surface area contributed by atoms with E-state index in [1.807, 2.05) is 6.92 Å². The summed E-state index contributed by atoms with van der Waals surface area (Å²) in [6.07, 6.45) is 2.83. The summed E-state index contributed by atoms with van der Waals surface area (Å²) in [4.78, 5) is 24.6. The number of amides is 1. The summed E-state index contributed by atoms with van der Waals surface area (Å²) < 4.78 is 9.99. The molecular formula is C13H21NO5. The molecule has 1 aliphatic rings. The van der Waals surface area contributed by atoms with Crippen LogP contribution in [-0.4, -0.2) is 47.9 Å². The zero-order valence-corrected chi connectivity index (χ0v) is 11.6. The van der Waals surface area contributed by atoms with Crippen molar-refractivity contribution in [2.45, 2.75) is 38.6 Å². The van der Waals surface area contributed by atoms with Crippen LogP contribution >= 0.6 is 0 Å². The lowest BCUT2D eigenvalue weighted by Gasteiger charge is -2.29. The molecule has 0 aromatic rings. The van der Waals surface area contributed by atoms with E-state index in [0.717, 1.165) is 18.4 Å². The molecule has 1 unspecified atom stereocenters. The Morgan fingerprint density at radius 3 is 2.74 bits per heavy atom. The first-order chi connectivity index (χ1) is 8.95. The Kier molecular flexibility index (Phi) is 5.20. The third-order valence-electron chi connectivity index (χ3n) is 3.22. The lowest BCUT2D eigenvalue weighted by Crippen LogP contribution is -2.51. The second-order valence-corrected chi connectivity index (χ2v) is 4.82. The Hall–Kier alpha value is -1.72. The fourth-order valence-electron chi connectivity index (χ4n) is 2.06. The van der Waals surface area contributed by atoms with Crippen molar-refractivity contribution in [3.05, 3.63) is 11.8 Å². The van der Waals surface area contributed by atoms with Gasteiger partial charge in [-0.15, -0.1) is 0 Å². The van der Waals surface area contributed by atoms with E-state index in [2.05, 4.69) is 0 Å². The van der Waals surface area contributed by atoms with Crippen LogP contribution in [0.3, 0.4) is 0 Å². The second kappa shape index (κ2) is 6.45. The van der Waals surface area contributed by atoms with Gasteiger partial charge in [0.15, 0.2) is 0 Å². The molecule has 0 aromatic heterocycles. The van der Waals surface area contributed by atoms with Gasteiger partial charge in [0.25, 0.3) is 0 Å². The Morgan fingerprint density at radius 2 is 2.21 bits per heavy atom. The first kappa shape index (κ1) is 15.3. The van der Waals surface area contributed by atoms with Crippen molar-refractivity contribution >= 4 is 12.1 Å². The minimum Gasteiger partial charge on any atom is -0.504 e. The van der Waals surface area contributed by atoms with Crippen molar-refractivity contribution in [2.24, 2.45) is 0 Å². The molecule has 1 amide bonds. The number of rotatable bonds is 5. The number of carbonyl (C=O) groups is 2. The number of hydrogen-bond donors (Lipinski definition) is 1. The lowest BCUT2D eigenvalue weighted by molar-refractivity contribution is -0.147. The van der Waals surface area contributed by atoms with Crippen molar-refractivity contribution < 1.29 is 24.2 Å². The van der Waals surface area contributed by atoms with Crippen LogP contribution in [0.15, 0.2) is 11.8 Å². The van der Waals surface area contributed by atoms with Crippen LogP contribution in [0.5, 0.6) is 0 Å². The Bertz CT molecular complexity index is 379. The van der Waals surface area contributed by atoms with E-state index >= 15 is 0 Å². The van der Waals surface area contributed by atoms with E-state index < -0.39 is 17.6 Å². The minimum atomic E-state index is -1.27. The molecule has 0 bridgehead atoms. The standard InChI is InChI=1S/C13H21NO5/c1-4-5-6-19-12(17)14-8-10(9-18-3)7-13(14,2)11(15)16/h9H,4-8H2,1-3H3,(H,15,16). The van der Waals surface area contributed by atoms with Gasteiger partial charge in [-0.2, -0.15) is 0 Å². The third-order valence-corrected chi connectivity index (χ3v) is 3.22. The number of unbranched alkanes of at least 4 members (excludes halogenated alkanes) is 1. The number of carbonyl (C=O) groups excluding carboxylic acids is 1. The highest BCUT2D eigenvalue weighted by Crippen LogP contribution is 2.33. The molecule has 1 atom stereocenters. The smallest absolute Gasteiger partial charge is 0.411 e. The first-order valence-corrected chi connectivity index (χ1v) is 6.34. The van der Waals surface area contributed by atoms with Crippen LogP contribution in [-0.2, 0) is 14.3 Å². The number of nitrogens with zero attached hydrogens (tertiary/aromatic N) is 1. The molecule has 1 N–H and O–H groups in total. The van der Waals surface area contributed by atoms with Gasteiger partial charge < -0.3 is 14.6 Å². The zero-order valence-electron chi connectivity index (χ0n) is 11.6. The summed E-state index contributed by atoms with van der Waals surface area (Å²) in [5.74, 6) is -1.04. The van der Waals surface area contributed by atoms with Crippen molar-refractivity contribution in [3.63, 3.8) is 0 Å². The van der Waals surface area contributed by atoms with Gasteiger partial charge in [0.05, 0.1) is 20.0 Å². The summed E-state index contributed by atoms with van der Waals surface area (Å²) >= 11 is 0. The molecule has 108 valence electrons. The highest BCUT2D eigenvalue weighted by Gasteiger charge is 2.49. The Labute approximate surface area is 113 Å². The first-order valence-electron chi connectivity index (χ1n) is 6.34. The third kappa shape index (κ3) is 3.39. The molecule has 6 heteroatoms.